The van der Waals surface area contributed by atoms with Crippen LogP contribution >= 0.6 is 0 Å². The lowest BCUT2D eigenvalue weighted by atomic mass is 9.99. The maximum Gasteiger partial charge on any atom is 0.318 e. The Morgan fingerprint density at radius 2 is 2.08 bits per heavy atom. The minimum Gasteiger partial charge on any atom is -0.370 e. The first kappa shape index (κ1) is 19.2. The van der Waals surface area contributed by atoms with E-state index in [2.05, 4.69) is 25.9 Å². The second-order valence-corrected chi connectivity index (χ2v) is 5.48. The van der Waals surface area contributed by atoms with Crippen molar-refractivity contribution in [3.05, 3.63) is 0 Å². The Morgan fingerprint density at radius 3 is 2.62 bits per heavy atom. The number of hydrogen-bond donors (Lipinski definition) is 7. The Balaban J connectivity index is 2.56. The third kappa shape index (κ3) is 5.72. The molecule has 12 nitrogen and oxygen atoms in total. The smallest absolute Gasteiger partial charge is 0.318 e. The number of rotatable bonds is 6. The van der Waals surface area contributed by atoms with E-state index in [4.69, 9.17) is 22.9 Å². The third-order valence-electron chi connectivity index (χ3n) is 3.23. The molecule has 11 N–H and O–H groups in total. The van der Waals surface area contributed by atoms with Crippen LogP contribution in [0.15, 0.2) is 9.98 Å². The Labute approximate surface area is 138 Å². The lowest BCUT2D eigenvalue weighted by molar-refractivity contribution is -0.132. The van der Waals surface area contributed by atoms with Gasteiger partial charge in [0.05, 0.1) is 12.6 Å². The van der Waals surface area contributed by atoms with Gasteiger partial charge in [-0.3, -0.25) is 25.2 Å². The fourth-order valence-electron chi connectivity index (χ4n) is 1.89. The highest BCUT2D eigenvalue weighted by Crippen LogP contribution is 2.10. The second kappa shape index (κ2) is 8.10. The number of carbonyl (C=O) groups is 3. The summed E-state index contributed by atoms with van der Waals surface area (Å²) in [6.45, 7) is 1.78. The van der Waals surface area contributed by atoms with E-state index in [1.54, 1.807) is 0 Å². The quantitative estimate of drug-likeness (QED) is 0.147. The summed E-state index contributed by atoms with van der Waals surface area (Å²) in [4.78, 5) is 42.7. The van der Waals surface area contributed by atoms with Crippen LogP contribution in [0, 0.1) is 0 Å². The summed E-state index contributed by atoms with van der Waals surface area (Å²) < 4.78 is 0. The zero-order valence-corrected chi connectivity index (χ0v) is 13.3. The van der Waals surface area contributed by atoms with Crippen LogP contribution in [-0.2, 0) is 9.59 Å². The molecule has 0 fully saturated rings. The van der Waals surface area contributed by atoms with Gasteiger partial charge < -0.3 is 28.3 Å². The van der Waals surface area contributed by atoms with E-state index in [1.807, 2.05) is 0 Å². The number of urea groups is 1. The van der Waals surface area contributed by atoms with Crippen molar-refractivity contribution in [2.45, 2.75) is 31.3 Å². The molecule has 1 heterocycles. The van der Waals surface area contributed by atoms with Crippen molar-refractivity contribution >= 4 is 29.8 Å². The molecule has 0 aliphatic carbocycles. The number of nitrogens with two attached hydrogens (primary N) is 4. The number of carbonyl (C=O) groups excluding carboxylic acids is 3. The van der Waals surface area contributed by atoms with E-state index in [9.17, 15) is 14.4 Å². The molecule has 0 unspecified atom stereocenters. The van der Waals surface area contributed by atoms with Gasteiger partial charge in [-0.2, -0.15) is 0 Å². The molecule has 0 aromatic heterocycles. The van der Waals surface area contributed by atoms with Crippen LogP contribution in [0.4, 0.5) is 4.79 Å². The highest BCUT2D eigenvalue weighted by Gasteiger charge is 2.39. The normalized spacial score (nSPS) is 21.1. The molecule has 1 aliphatic rings. The van der Waals surface area contributed by atoms with E-state index < -0.39 is 29.4 Å². The fraction of sp³-hybridized carbons (Fsp3) is 0.583. The summed E-state index contributed by atoms with van der Waals surface area (Å²) in [6.07, 6.45) is 0.859. The maximum atomic E-state index is 12.1. The van der Waals surface area contributed by atoms with Gasteiger partial charge in [-0.15, -0.1) is 0 Å². The first-order valence-electron chi connectivity index (χ1n) is 7.19. The number of nitrogens with zero attached hydrogens (tertiary/aromatic N) is 2. The van der Waals surface area contributed by atoms with Crippen molar-refractivity contribution in [3.63, 3.8) is 0 Å². The number of hydrogen-bond acceptors (Lipinski definition) is 6. The maximum absolute atomic E-state index is 12.1. The highest BCUT2D eigenvalue weighted by molar-refractivity contribution is 6.09. The lowest BCUT2D eigenvalue weighted by Gasteiger charge is -2.32. The summed E-state index contributed by atoms with van der Waals surface area (Å²) >= 11 is 0. The molecule has 0 bridgehead atoms. The average molecular weight is 341 g/mol. The summed E-state index contributed by atoms with van der Waals surface area (Å²) in [5.74, 6) is -1.14. The van der Waals surface area contributed by atoms with Crippen molar-refractivity contribution in [3.8, 4) is 0 Å². The fourth-order valence-corrected chi connectivity index (χ4v) is 1.89. The third-order valence-corrected chi connectivity index (χ3v) is 3.23. The van der Waals surface area contributed by atoms with Crippen LogP contribution in [0.1, 0.15) is 19.8 Å². The van der Waals surface area contributed by atoms with Crippen molar-refractivity contribution in [2.24, 2.45) is 32.9 Å². The number of primary amides is 1. The molecule has 0 radical (unpaired) electrons. The van der Waals surface area contributed by atoms with Crippen molar-refractivity contribution < 1.29 is 14.4 Å². The molecular formula is C12H23N9O3. The van der Waals surface area contributed by atoms with Gasteiger partial charge in [0.25, 0.3) is 5.91 Å². The zero-order valence-electron chi connectivity index (χ0n) is 13.3. The van der Waals surface area contributed by atoms with Gasteiger partial charge in [-0.25, -0.2) is 9.79 Å². The molecule has 0 saturated carbocycles. The standard InChI is InChI=1S/C12H23N9O3/c1-12(5-18-11(19-8(12)23)20-10(16)24)21-7(22)6(13)3-2-4-17-9(14)15/h6H,2-5,13H2,1H3,(H,21,22)(H4,14,15,17)(H4,16,18,19,20,23,24)/t6-,12-/m0/s1. The summed E-state index contributed by atoms with van der Waals surface area (Å²) in [5, 5.41) is 7.06. The van der Waals surface area contributed by atoms with Gasteiger partial charge in [0, 0.05) is 6.54 Å². The van der Waals surface area contributed by atoms with Crippen LogP contribution in [0.25, 0.3) is 0 Å². The minimum absolute atomic E-state index is 0.0300. The Kier molecular flexibility index (Phi) is 6.47. The van der Waals surface area contributed by atoms with Crippen LogP contribution in [0.3, 0.4) is 0 Å². The lowest BCUT2D eigenvalue weighted by Crippen LogP contribution is -2.66. The van der Waals surface area contributed by atoms with Crippen LogP contribution in [0.5, 0.6) is 0 Å². The molecule has 12 heteroatoms. The van der Waals surface area contributed by atoms with Crippen molar-refractivity contribution in [1.29, 1.82) is 0 Å². The Morgan fingerprint density at radius 1 is 1.42 bits per heavy atom. The summed E-state index contributed by atoms with van der Waals surface area (Å²) in [5.41, 5.74) is 19.8. The Hall–Kier alpha value is -2.89. The zero-order chi connectivity index (χ0) is 18.3. The number of guanidine groups is 2. The highest BCUT2D eigenvalue weighted by atomic mass is 16.2. The van der Waals surface area contributed by atoms with Gasteiger partial charge in [-0.05, 0) is 19.8 Å². The minimum atomic E-state index is -1.28. The van der Waals surface area contributed by atoms with E-state index in [-0.39, 0.29) is 18.5 Å². The predicted molar refractivity (Wildman–Crippen MR) is 87.6 cm³/mol. The molecule has 0 aromatic carbocycles. The first-order chi connectivity index (χ1) is 11.1. The van der Waals surface area contributed by atoms with E-state index in [1.165, 1.54) is 6.92 Å². The molecule has 134 valence electrons. The Bertz CT molecular complexity index is 570. The molecule has 1 rings (SSSR count). The topological polar surface area (TPSA) is 216 Å². The molecular weight excluding hydrogens is 318 g/mol. The largest absolute Gasteiger partial charge is 0.370 e. The molecule has 1 aliphatic heterocycles. The van der Waals surface area contributed by atoms with Crippen molar-refractivity contribution in [2.75, 3.05) is 13.1 Å². The van der Waals surface area contributed by atoms with Gasteiger partial charge >= 0.3 is 6.03 Å². The predicted octanol–water partition coefficient (Wildman–Crippen LogP) is -3.60. The van der Waals surface area contributed by atoms with Crippen LogP contribution < -0.4 is 38.9 Å². The molecule has 4 amide bonds. The van der Waals surface area contributed by atoms with Crippen molar-refractivity contribution in [1.82, 2.24) is 16.0 Å². The van der Waals surface area contributed by atoms with E-state index in [0.717, 1.165) is 0 Å². The summed E-state index contributed by atoms with van der Waals surface area (Å²) in [7, 11) is 0. The SMILES string of the molecule is C[C@]1(NC(=O)[C@@H](N)CCCN=C(N)N)CN=C(NC(N)=O)NC1=O. The first-order valence-corrected chi connectivity index (χ1v) is 7.19. The van der Waals surface area contributed by atoms with Gasteiger partial charge in [-0.1, -0.05) is 0 Å². The van der Waals surface area contributed by atoms with Gasteiger partial charge in [0.15, 0.2) is 5.96 Å². The van der Waals surface area contributed by atoms with Gasteiger partial charge in [0.2, 0.25) is 11.9 Å². The molecule has 24 heavy (non-hydrogen) atoms. The molecule has 0 aromatic rings. The van der Waals surface area contributed by atoms with Crippen LogP contribution in [-0.4, -0.2) is 54.4 Å². The molecule has 0 spiro atoms. The number of nitrogens with one attached hydrogen (secondary N) is 3. The molecule has 0 saturated heterocycles. The van der Waals surface area contributed by atoms with Crippen LogP contribution in [0.2, 0.25) is 0 Å². The van der Waals surface area contributed by atoms with E-state index in [0.29, 0.717) is 19.4 Å². The average Bonchev–Trinajstić information content (AvgIpc) is 2.47. The summed E-state index contributed by atoms with van der Waals surface area (Å²) in [6, 6.07) is -1.68. The van der Waals surface area contributed by atoms with E-state index >= 15 is 0 Å². The van der Waals surface area contributed by atoms with Gasteiger partial charge in [0.1, 0.15) is 5.54 Å². The number of amides is 4. The molecule has 2 atom stereocenters. The number of aliphatic imine (C=N–C) groups is 2. The second-order valence-electron chi connectivity index (χ2n) is 5.48. The monoisotopic (exact) mass is 341 g/mol.